The molecule has 0 spiro atoms. The molecule has 88 valence electrons. The van der Waals surface area contributed by atoms with Gasteiger partial charge in [0.25, 0.3) is 0 Å². The summed E-state index contributed by atoms with van der Waals surface area (Å²) in [6.45, 7) is 0.355. The van der Waals surface area contributed by atoms with Crippen molar-refractivity contribution in [2.75, 3.05) is 5.73 Å². The van der Waals surface area contributed by atoms with Gasteiger partial charge in [-0.2, -0.15) is 0 Å². The molecule has 0 amide bonds. The van der Waals surface area contributed by atoms with Crippen LogP contribution in [-0.2, 0) is 6.61 Å². The number of hydrogen-bond acceptors (Lipinski definition) is 3. The first-order valence-corrected chi connectivity index (χ1v) is 5.48. The van der Waals surface area contributed by atoms with E-state index >= 15 is 0 Å². The predicted octanol–water partition coefficient (Wildman–Crippen LogP) is 3.21. The molecule has 0 unspecified atom stereocenters. The maximum absolute atomic E-state index is 9.22. The molecule has 0 saturated heterocycles. The SMILES string of the molecule is Nc1cc(O)ccc1COc1ccc(Cl)cc1. The van der Waals surface area contributed by atoms with Gasteiger partial charge in [0, 0.05) is 22.3 Å². The van der Waals surface area contributed by atoms with Gasteiger partial charge in [-0.3, -0.25) is 0 Å². The number of benzene rings is 2. The first-order chi connectivity index (χ1) is 8.15. The maximum atomic E-state index is 9.22. The molecule has 0 aliphatic heterocycles. The van der Waals surface area contributed by atoms with Gasteiger partial charge in [-0.15, -0.1) is 0 Å². The molecule has 0 saturated carbocycles. The highest BCUT2D eigenvalue weighted by molar-refractivity contribution is 6.30. The van der Waals surface area contributed by atoms with Gasteiger partial charge in [-0.25, -0.2) is 0 Å². The lowest BCUT2D eigenvalue weighted by Crippen LogP contribution is -1.99. The van der Waals surface area contributed by atoms with Gasteiger partial charge >= 0.3 is 0 Å². The molecule has 2 rings (SSSR count). The summed E-state index contributed by atoms with van der Waals surface area (Å²) in [5.41, 5.74) is 7.09. The van der Waals surface area contributed by atoms with Crippen molar-refractivity contribution in [2.45, 2.75) is 6.61 Å². The topological polar surface area (TPSA) is 55.5 Å². The van der Waals surface area contributed by atoms with Gasteiger partial charge in [0.2, 0.25) is 0 Å². The number of anilines is 1. The van der Waals surface area contributed by atoms with Crippen LogP contribution < -0.4 is 10.5 Å². The Balaban J connectivity index is 2.04. The molecule has 2 aromatic rings. The van der Waals surface area contributed by atoms with Crippen molar-refractivity contribution < 1.29 is 9.84 Å². The predicted molar refractivity (Wildman–Crippen MR) is 68.3 cm³/mol. The van der Waals surface area contributed by atoms with Crippen LogP contribution in [0.1, 0.15) is 5.56 Å². The minimum absolute atomic E-state index is 0.151. The van der Waals surface area contributed by atoms with E-state index < -0.39 is 0 Å². The first-order valence-electron chi connectivity index (χ1n) is 5.11. The molecule has 17 heavy (non-hydrogen) atoms. The van der Waals surface area contributed by atoms with Crippen molar-refractivity contribution in [2.24, 2.45) is 0 Å². The number of hydrogen-bond donors (Lipinski definition) is 2. The highest BCUT2D eigenvalue weighted by Crippen LogP contribution is 2.21. The number of phenols is 1. The zero-order chi connectivity index (χ0) is 12.3. The van der Waals surface area contributed by atoms with Gasteiger partial charge in [0.1, 0.15) is 18.1 Å². The number of aromatic hydroxyl groups is 1. The number of phenolic OH excluding ortho intramolecular Hbond substituents is 1. The Bertz CT molecular complexity index is 511. The van der Waals surface area contributed by atoms with Gasteiger partial charge in [0.15, 0.2) is 0 Å². The average Bonchev–Trinajstić information content (AvgIpc) is 2.30. The molecule has 2 aromatic carbocycles. The van der Waals surface area contributed by atoms with Gasteiger partial charge in [-0.05, 0) is 36.4 Å². The quantitative estimate of drug-likeness (QED) is 0.822. The van der Waals surface area contributed by atoms with Crippen molar-refractivity contribution in [3.8, 4) is 11.5 Å². The molecule has 0 fully saturated rings. The Morgan fingerprint density at radius 3 is 2.47 bits per heavy atom. The number of halogens is 1. The standard InChI is InChI=1S/C13H12ClNO2/c14-10-2-5-12(6-3-10)17-8-9-1-4-11(16)7-13(9)15/h1-7,16H,8,15H2. The Kier molecular flexibility index (Phi) is 3.40. The Morgan fingerprint density at radius 2 is 1.82 bits per heavy atom. The minimum Gasteiger partial charge on any atom is -0.508 e. The third kappa shape index (κ3) is 3.04. The first kappa shape index (κ1) is 11.6. The van der Waals surface area contributed by atoms with E-state index in [-0.39, 0.29) is 5.75 Å². The van der Waals surface area contributed by atoms with Crippen molar-refractivity contribution in [3.63, 3.8) is 0 Å². The summed E-state index contributed by atoms with van der Waals surface area (Å²) in [5, 5.41) is 9.89. The number of ether oxygens (including phenoxy) is 1. The zero-order valence-corrected chi connectivity index (χ0v) is 9.82. The largest absolute Gasteiger partial charge is 0.508 e. The van der Waals surface area contributed by atoms with Gasteiger partial charge < -0.3 is 15.6 Å². The van der Waals surface area contributed by atoms with Gasteiger partial charge in [0.05, 0.1) is 0 Å². The van der Waals surface area contributed by atoms with Crippen LogP contribution in [0.4, 0.5) is 5.69 Å². The number of rotatable bonds is 3. The van der Waals surface area contributed by atoms with E-state index in [4.69, 9.17) is 22.1 Å². The summed E-state index contributed by atoms with van der Waals surface area (Å²) in [4.78, 5) is 0. The van der Waals surface area contributed by atoms with Crippen molar-refractivity contribution in [1.29, 1.82) is 0 Å². The van der Waals surface area contributed by atoms with Crippen LogP contribution in [-0.4, -0.2) is 5.11 Å². The smallest absolute Gasteiger partial charge is 0.119 e. The molecular weight excluding hydrogens is 238 g/mol. The molecule has 0 atom stereocenters. The van der Waals surface area contributed by atoms with E-state index in [0.29, 0.717) is 17.3 Å². The van der Waals surface area contributed by atoms with E-state index in [1.807, 2.05) is 0 Å². The van der Waals surface area contributed by atoms with Crippen LogP contribution >= 0.6 is 11.6 Å². The van der Waals surface area contributed by atoms with E-state index in [1.165, 1.54) is 6.07 Å². The molecule has 0 aromatic heterocycles. The fourth-order valence-corrected chi connectivity index (χ4v) is 1.53. The molecule has 4 heteroatoms. The summed E-state index contributed by atoms with van der Waals surface area (Å²) < 4.78 is 5.55. The van der Waals surface area contributed by atoms with Crippen LogP contribution in [0.2, 0.25) is 5.02 Å². The van der Waals surface area contributed by atoms with Crippen LogP contribution in [0.3, 0.4) is 0 Å². The van der Waals surface area contributed by atoms with Crippen LogP contribution in [0.15, 0.2) is 42.5 Å². The fourth-order valence-electron chi connectivity index (χ4n) is 1.41. The summed E-state index contributed by atoms with van der Waals surface area (Å²) in [6, 6.07) is 11.9. The second kappa shape index (κ2) is 4.97. The second-order valence-corrected chi connectivity index (χ2v) is 4.06. The Morgan fingerprint density at radius 1 is 1.12 bits per heavy atom. The average molecular weight is 250 g/mol. The summed E-state index contributed by atoms with van der Waals surface area (Å²) in [7, 11) is 0. The third-order valence-corrected chi connectivity index (χ3v) is 2.59. The molecule has 0 aliphatic carbocycles. The van der Waals surface area contributed by atoms with Crippen molar-refractivity contribution >= 4 is 17.3 Å². The van der Waals surface area contributed by atoms with Crippen molar-refractivity contribution in [1.82, 2.24) is 0 Å². The van der Waals surface area contributed by atoms with E-state index in [2.05, 4.69) is 0 Å². The molecule has 0 radical (unpaired) electrons. The number of nitrogens with two attached hydrogens (primary N) is 1. The molecule has 0 heterocycles. The molecular formula is C13H12ClNO2. The van der Waals surface area contributed by atoms with Crippen molar-refractivity contribution in [3.05, 3.63) is 53.1 Å². The summed E-state index contributed by atoms with van der Waals surface area (Å²) >= 11 is 5.77. The monoisotopic (exact) mass is 249 g/mol. The highest BCUT2D eigenvalue weighted by Gasteiger charge is 2.01. The maximum Gasteiger partial charge on any atom is 0.119 e. The summed E-state index contributed by atoms with van der Waals surface area (Å²) in [6.07, 6.45) is 0. The third-order valence-electron chi connectivity index (χ3n) is 2.34. The zero-order valence-electron chi connectivity index (χ0n) is 9.06. The minimum atomic E-state index is 0.151. The molecule has 3 nitrogen and oxygen atoms in total. The fraction of sp³-hybridized carbons (Fsp3) is 0.0769. The Labute approximate surface area is 104 Å². The lowest BCUT2D eigenvalue weighted by molar-refractivity contribution is 0.307. The highest BCUT2D eigenvalue weighted by atomic mass is 35.5. The van der Waals surface area contributed by atoms with E-state index in [1.54, 1.807) is 36.4 Å². The van der Waals surface area contributed by atoms with E-state index in [9.17, 15) is 5.11 Å². The normalized spacial score (nSPS) is 10.2. The van der Waals surface area contributed by atoms with Crippen LogP contribution in [0.5, 0.6) is 11.5 Å². The second-order valence-electron chi connectivity index (χ2n) is 3.63. The van der Waals surface area contributed by atoms with Crippen LogP contribution in [0, 0.1) is 0 Å². The van der Waals surface area contributed by atoms with E-state index in [0.717, 1.165) is 11.3 Å². The number of nitrogen functional groups attached to an aromatic ring is 1. The molecule has 0 aliphatic rings. The molecule has 0 bridgehead atoms. The van der Waals surface area contributed by atoms with Gasteiger partial charge in [-0.1, -0.05) is 11.6 Å². The molecule has 3 N–H and O–H groups in total. The summed E-state index contributed by atoms with van der Waals surface area (Å²) in [5.74, 6) is 0.875. The lowest BCUT2D eigenvalue weighted by Gasteiger charge is -2.08. The Hall–Kier alpha value is -1.87. The lowest BCUT2D eigenvalue weighted by atomic mass is 10.2. The van der Waals surface area contributed by atoms with Crippen LogP contribution in [0.25, 0.3) is 0 Å².